The Kier molecular flexibility index (Phi) is 3.31. The lowest BCUT2D eigenvalue weighted by molar-refractivity contribution is 0.0782. The molecule has 0 aromatic carbocycles. The van der Waals surface area contributed by atoms with Crippen LogP contribution in [0.25, 0.3) is 0 Å². The van der Waals surface area contributed by atoms with Crippen LogP contribution in [0, 0.1) is 5.92 Å². The van der Waals surface area contributed by atoms with E-state index >= 15 is 0 Å². The Morgan fingerprint density at radius 3 is 2.83 bits per heavy atom. The molecule has 0 aromatic heterocycles. The Hall–Kier alpha value is 0.270. The maximum absolute atomic E-state index is 5.54. The average Bonchev–Trinajstić information content (AvgIpc) is 2.59. The maximum Gasteiger partial charge on any atom is 0.108 e. The summed E-state index contributed by atoms with van der Waals surface area (Å²) in [6.07, 6.45) is 4.40. The molecule has 2 saturated heterocycles. The normalized spacial score (nSPS) is 32.5. The fraction of sp³-hybridized carbons (Fsp3) is 1.00. The largest absolute Gasteiger partial charge is 0.362 e. The first-order chi connectivity index (χ1) is 5.95. The van der Waals surface area contributed by atoms with Gasteiger partial charge < -0.3 is 4.74 Å². The molecule has 2 nitrogen and oxygen atoms in total. The summed E-state index contributed by atoms with van der Waals surface area (Å²) in [6, 6.07) is 0. The molecule has 0 bridgehead atoms. The van der Waals surface area contributed by atoms with Gasteiger partial charge in [0.25, 0.3) is 0 Å². The first-order valence-electron chi connectivity index (χ1n) is 4.88. The van der Waals surface area contributed by atoms with Gasteiger partial charge in [0.2, 0.25) is 0 Å². The molecule has 2 aliphatic heterocycles. The molecule has 1 N–H and O–H groups in total. The molecular formula is C9H17NOS. The highest BCUT2D eigenvalue weighted by Gasteiger charge is 2.21. The van der Waals surface area contributed by atoms with Crippen molar-refractivity contribution in [3.8, 4) is 0 Å². The van der Waals surface area contributed by atoms with Crippen LogP contribution in [0.3, 0.4) is 0 Å². The molecule has 70 valence electrons. The highest BCUT2D eigenvalue weighted by Crippen LogP contribution is 2.26. The van der Waals surface area contributed by atoms with E-state index in [9.17, 15) is 0 Å². The topological polar surface area (TPSA) is 21.3 Å². The van der Waals surface area contributed by atoms with Crippen molar-refractivity contribution in [2.75, 3.05) is 24.7 Å². The highest BCUT2D eigenvalue weighted by molar-refractivity contribution is 7.99. The third-order valence-corrected chi connectivity index (χ3v) is 3.73. The molecule has 0 spiro atoms. The van der Waals surface area contributed by atoms with E-state index in [2.05, 4.69) is 17.1 Å². The van der Waals surface area contributed by atoms with Crippen LogP contribution >= 0.6 is 11.8 Å². The van der Waals surface area contributed by atoms with Crippen molar-refractivity contribution in [3.05, 3.63) is 0 Å². The van der Waals surface area contributed by atoms with Crippen molar-refractivity contribution in [2.45, 2.75) is 25.5 Å². The van der Waals surface area contributed by atoms with E-state index in [1.54, 1.807) is 0 Å². The van der Waals surface area contributed by atoms with Gasteiger partial charge in [-0.1, -0.05) is 0 Å². The second-order valence-electron chi connectivity index (χ2n) is 3.61. The van der Waals surface area contributed by atoms with Gasteiger partial charge in [0.1, 0.15) is 6.23 Å². The quantitative estimate of drug-likeness (QED) is 0.707. The van der Waals surface area contributed by atoms with Crippen molar-refractivity contribution in [2.24, 2.45) is 5.92 Å². The van der Waals surface area contributed by atoms with E-state index in [1.165, 1.54) is 30.8 Å². The standard InChI is InChI=1S/C9H17NOS/c1-5-12-6-2-8(1)7-9-10-3-4-11-9/h8-10H,1-7H2. The minimum Gasteiger partial charge on any atom is -0.362 e. The van der Waals surface area contributed by atoms with Crippen LogP contribution < -0.4 is 5.32 Å². The van der Waals surface area contributed by atoms with E-state index in [1.807, 2.05) is 0 Å². The monoisotopic (exact) mass is 187 g/mol. The van der Waals surface area contributed by atoms with Gasteiger partial charge in [-0.3, -0.25) is 5.32 Å². The zero-order chi connectivity index (χ0) is 8.23. The fourth-order valence-electron chi connectivity index (χ4n) is 1.92. The van der Waals surface area contributed by atoms with Crippen LogP contribution in [-0.4, -0.2) is 30.9 Å². The summed E-state index contributed by atoms with van der Waals surface area (Å²) in [5, 5.41) is 3.37. The molecule has 1 unspecified atom stereocenters. The van der Waals surface area contributed by atoms with Crippen molar-refractivity contribution >= 4 is 11.8 Å². The van der Waals surface area contributed by atoms with Gasteiger partial charge in [0.15, 0.2) is 0 Å². The minimum atomic E-state index is 0.373. The molecule has 12 heavy (non-hydrogen) atoms. The summed E-state index contributed by atoms with van der Waals surface area (Å²) < 4.78 is 5.54. The van der Waals surface area contributed by atoms with Crippen LogP contribution in [0.15, 0.2) is 0 Å². The highest BCUT2D eigenvalue weighted by atomic mass is 32.2. The number of ether oxygens (including phenoxy) is 1. The molecule has 0 amide bonds. The molecule has 0 aliphatic carbocycles. The lowest BCUT2D eigenvalue weighted by atomic mass is 9.98. The zero-order valence-corrected chi connectivity index (χ0v) is 8.24. The third kappa shape index (κ3) is 2.38. The van der Waals surface area contributed by atoms with Gasteiger partial charge in [0, 0.05) is 6.54 Å². The van der Waals surface area contributed by atoms with Crippen molar-refractivity contribution in [3.63, 3.8) is 0 Å². The van der Waals surface area contributed by atoms with Gasteiger partial charge in [-0.25, -0.2) is 0 Å². The molecular weight excluding hydrogens is 170 g/mol. The number of rotatable bonds is 2. The van der Waals surface area contributed by atoms with Gasteiger partial charge in [-0.2, -0.15) is 11.8 Å². The van der Waals surface area contributed by atoms with Crippen molar-refractivity contribution < 1.29 is 4.74 Å². The zero-order valence-electron chi connectivity index (χ0n) is 7.42. The summed E-state index contributed by atoms with van der Waals surface area (Å²) in [7, 11) is 0. The Morgan fingerprint density at radius 2 is 2.17 bits per heavy atom. The molecule has 2 heterocycles. The van der Waals surface area contributed by atoms with Crippen molar-refractivity contribution in [1.29, 1.82) is 0 Å². The number of thioether (sulfide) groups is 1. The Labute approximate surface area is 78.4 Å². The van der Waals surface area contributed by atoms with Crippen molar-refractivity contribution in [1.82, 2.24) is 5.32 Å². The van der Waals surface area contributed by atoms with Gasteiger partial charge in [0.05, 0.1) is 6.61 Å². The van der Waals surface area contributed by atoms with E-state index in [0.717, 1.165) is 19.1 Å². The first-order valence-corrected chi connectivity index (χ1v) is 6.03. The Morgan fingerprint density at radius 1 is 1.33 bits per heavy atom. The molecule has 1 atom stereocenters. The number of nitrogens with one attached hydrogen (secondary N) is 1. The van der Waals surface area contributed by atoms with Gasteiger partial charge in [-0.15, -0.1) is 0 Å². The summed E-state index contributed by atoms with van der Waals surface area (Å²) in [5.74, 6) is 3.64. The SMILES string of the molecule is C1COC(CC2CCSCC2)N1. The number of hydrogen-bond acceptors (Lipinski definition) is 3. The Bertz CT molecular complexity index is 130. The molecule has 2 aliphatic rings. The third-order valence-electron chi connectivity index (χ3n) is 2.68. The van der Waals surface area contributed by atoms with Crippen LogP contribution in [-0.2, 0) is 4.74 Å². The van der Waals surface area contributed by atoms with Crippen LogP contribution in [0.5, 0.6) is 0 Å². The van der Waals surface area contributed by atoms with E-state index in [-0.39, 0.29) is 0 Å². The predicted molar refractivity (Wildman–Crippen MR) is 52.4 cm³/mol. The summed E-state index contributed by atoms with van der Waals surface area (Å²) in [4.78, 5) is 0. The van der Waals surface area contributed by atoms with E-state index in [0.29, 0.717) is 6.23 Å². The molecule has 2 fully saturated rings. The predicted octanol–water partition coefficient (Wildman–Crippen LogP) is 1.47. The second kappa shape index (κ2) is 4.49. The van der Waals surface area contributed by atoms with Crippen LogP contribution in [0.4, 0.5) is 0 Å². The van der Waals surface area contributed by atoms with E-state index in [4.69, 9.17) is 4.74 Å². The summed E-state index contributed by atoms with van der Waals surface area (Å²) in [6.45, 7) is 1.96. The van der Waals surface area contributed by atoms with Gasteiger partial charge in [-0.05, 0) is 36.7 Å². The van der Waals surface area contributed by atoms with Crippen LogP contribution in [0.2, 0.25) is 0 Å². The smallest absolute Gasteiger partial charge is 0.108 e. The summed E-state index contributed by atoms with van der Waals surface area (Å²) >= 11 is 2.10. The number of hydrogen-bond donors (Lipinski definition) is 1. The lowest BCUT2D eigenvalue weighted by Gasteiger charge is -2.23. The van der Waals surface area contributed by atoms with Gasteiger partial charge >= 0.3 is 0 Å². The fourth-order valence-corrected chi connectivity index (χ4v) is 3.12. The molecule has 0 aromatic rings. The summed E-state index contributed by atoms with van der Waals surface area (Å²) in [5.41, 5.74) is 0. The molecule has 0 saturated carbocycles. The molecule has 0 radical (unpaired) electrons. The molecule has 2 rings (SSSR count). The van der Waals surface area contributed by atoms with E-state index < -0.39 is 0 Å². The maximum atomic E-state index is 5.54. The second-order valence-corrected chi connectivity index (χ2v) is 4.83. The first kappa shape index (κ1) is 8.85. The molecule has 3 heteroatoms. The lowest BCUT2D eigenvalue weighted by Crippen LogP contribution is -2.27. The average molecular weight is 187 g/mol. The Balaban J connectivity index is 1.69. The van der Waals surface area contributed by atoms with Crippen LogP contribution in [0.1, 0.15) is 19.3 Å². The minimum absolute atomic E-state index is 0.373.